The molecule has 9 heteroatoms. The van der Waals surface area contributed by atoms with E-state index in [0.717, 1.165) is 6.07 Å². The number of hydrogen-bond acceptors (Lipinski definition) is 6. The Bertz CT molecular complexity index is 1060. The molecule has 0 unspecified atom stereocenters. The van der Waals surface area contributed by atoms with Crippen LogP contribution in [0.1, 0.15) is 27.8 Å². The Morgan fingerprint density at radius 2 is 1.90 bits per heavy atom. The molecule has 148 valence electrons. The van der Waals surface area contributed by atoms with Crippen molar-refractivity contribution < 1.29 is 23.7 Å². The number of furan rings is 1. The molecular weight excluding hydrogens is 400 g/mol. The fourth-order valence-electron chi connectivity index (χ4n) is 2.59. The average molecular weight is 415 g/mol. The molecule has 0 aliphatic heterocycles. The number of halogens is 1. The van der Waals surface area contributed by atoms with Gasteiger partial charge in [0.05, 0.1) is 21.9 Å². The number of nitrogens with one attached hydrogen (secondary N) is 1. The first-order chi connectivity index (χ1) is 13.9. The summed E-state index contributed by atoms with van der Waals surface area (Å²) in [6.45, 7) is 1.60. The van der Waals surface area contributed by atoms with Crippen LogP contribution >= 0.6 is 11.6 Å². The summed E-state index contributed by atoms with van der Waals surface area (Å²) < 4.78 is 10.5. The number of non-ortho nitro benzene ring substituents is 1. The van der Waals surface area contributed by atoms with Crippen LogP contribution in [-0.4, -0.2) is 16.8 Å². The number of aryl methyl sites for hydroxylation is 1. The summed E-state index contributed by atoms with van der Waals surface area (Å²) in [6, 6.07) is 13.5. The Kier molecular flexibility index (Phi) is 5.94. The van der Waals surface area contributed by atoms with Crippen LogP contribution in [0.3, 0.4) is 0 Å². The third-order valence-electron chi connectivity index (χ3n) is 4.07. The van der Waals surface area contributed by atoms with Crippen LogP contribution in [0.2, 0.25) is 5.02 Å². The van der Waals surface area contributed by atoms with Crippen molar-refractivity contribution in [1.82, 2.24) is 0 Å². The van der Waals surface area contributed by atoms with E-state index in [1.54, 1.807) is 37.3 Å². The van der Waals surface area contributed by atoms with Crippen molar-refractivity contribution in [2.24, 2.45) is 0 Å². The highest BCUT2D eigenvalue weighted by Crippen LogP contribution is 2.29. The molecule has 1 heterocycles. The highest BCUT2D eigenvalue weighted by molar-refractivity contribution is 6.34. The molecule has 3 aromatic rings. The summed E-state index contributed by atoms with van der Waals surface area (Å²) in [5.74, 6) is -1.03. The maximum Gasteiger partial charge on any atom is 0.342 e. The number of nitro groups is 1. The molecule has 29 heavy (non-hydrogen) atoms. The normalized spacial score (nSPS) is 11.5. The number of carbonyl (C=O) groups is 2. The van der Waals surface area contributed by atoms with Crippen LogP contribution < -0.4 is 5.32 Å². The van der Waals surface area contributed by atoms with E-state index in [1.165, 1.54) is 24.5 Å². The van der Waals surface area contributed by atoms with Gasteiger partial charge in [0.1, 0.15) is 11.3 Å². The predicted molar refractivity (Wildman–Crippen MR) is 105 cm³/mol. The SMILES string of the molecule is Cc1occc1C(=O)O[C@H](C(=O)Nc1ccc([N+](=O)[O-])cc1Cl)c1ccccc1. The largest absolute Gasteiger partial charge is 0.469 e. The lowest BCUT2D eigenvalue weighted by atomic mass is 10.1. The number of anilines is 1. The van der Waals surface area contributed by atoms with Gasteiger partial charge in [-0.3, -0.25) is 14.9 Å². The summed E-state index contributed by atoms with van der Waals surface area (Å²) in [6.07, 6.45) is 0.0736. The van der Waals surface area contributed by atoms with Gasteiger partial charge in [0.25, 0.3) is 11.6 Å². The van der Waals surface area contributed by atoms with E-state index in [0.29, 0.717) is 11.3 Å². The number of benzene rings is 2. The Morgan fingerprint density at radius 3 is 2.48 bits per heavy atom. The van der Waals surface area contributed by atoms with Gasteiger partial charge in [-0.1, -0.05) is 41.9 Å². The number of rotatable bonds is 6. The number of nitro benzene ring substituents is 1. The number of carbonyl (C=O) groups excluding carboxylic acids is 2. The van der Waals surface area contributed by atoms with Gasteiger partial charge >= 0.3 is 5.97 Å². The highest BCUT2D eigenvalue weighted by atomic mass is 35.5. The second kappa shape index (κ2) is 8.57. The Labute approximate surface area is 170 Å². The Morgan fingerprint density at radius 1 is 1.17 bits per heavy atom. The van der Waals surface area contributed by atoms with E-state index < -0.39 is 22.9 Å². The zero-order chi connectivity index (χ0) is 21.0. The molecule has 8 nitrogen and oxygen atoms in total. The lowest BCUT2D eigenvalue weighted by Crippen LogP contribution is -2.26. The van der Waals surface area contributed by atoms with E-state index in [1.807, 2.05) is 0 Å². The monoisotopic (exact) mass is 414 g/mol. The van der Waals surface area contributed by atoms with Gasteiger partial charge < -0.3 is 14.5 Å². The van der Waals surface area contributed by atoms with Crippen molar-refractivity contribution in [2.45, 2.75) is 13.0 Å². The van der Waals surface area contributed by atoms with E-state index in [9.17, 15) is 19.7 Å². The minimum absolute atomic E-state index is 0.0173. The number of amides is 1. The van der Waals surface area contributed by atoms with Crippen molar-refractivity contribution in [3.63, 3.8) is 0 Å². The molecule has 1 aromatic heterocycles. The third-order valence-corrected chi connectivity index (χ3v) is 4.38. The molecule has 0 bridgehead atoms. The second-order valence-electron chi connectivity index (χ2n) is 6.00. The minimum atomic E-state index is -1.27. The van der Waals surface area contributed by atoms with Crippen LogP contribution in [0.4, 0.5) is 11.4 Å². The molecule has 2 aromatic carbocycles. The van der Waals surface area contributed by atoms with Gasteiger partial charge in [0, 0.05) is 17.7 Å². The molecule has 0 spiro atoms. The van der Waals surface area contributed by atoms with E-state index in [-0.39, 0.29) is 22.0 Å². The lowest BCUT2D eigenvalue weighted by molar-refractivity contribution is -0.384. The van der Waals surface area contributed by atoms with Crippen LogP contribution in [0.15, 0.2) is 65.3 Å². The fraction of sp³-hybridized carbons (Fsp3) is 0.100. The predicted octanol–water partition coefficient (Wildman–Crippen LogP) is 4.69. The molecule has 3 rings (SSSR count). The zero-order valence-electron chi connectivity index (χ0n) is 15.1. The molecule has 0 saturated carbocycles. The third kappa shape index (κ3) is 4.61. The second-order valence-corrected chi connectivity index (χ2v) is 6.40. The molecule has 0 aliphatic carbocycles. The maximum atomic E-state index is 12.9. The van der Waals surface area contributed by atoms with Crippen LogP contribution in [0, 0.1) is 17.0 Å². The maximum absolute atomic E-state index is 12.9. The summed E-state index contributed by atoms with van der Waals surface area (Å²) in [5.41, 5.74) is 0.581. The van der Waals surface area contributed by atoms with Gasteiger partial charge in [-0.05, 0) is 19.1 Å². The summed E-state index contributed by atoms with van der Waals surface area (Å²) in [4.78, 5) is 35.6. The van der Waals surface area contributed by atoms with Crippen molar-refractivity contribution in [2.75, 3.05) is 5.32 Å². The molecule has 1 atom stereocenters. The van der Waals surface area contributed by atoms with E-state index in [2.05, 4.69) is 5.32 Å². The van der Waals surface area contributed by atoms with Gasteiger partial charge in [0.15, 0.2) is 0 Å². The molecule has 1 N–H and O–H groups in total. The quantitative estimate of drug-likeness (QED) is 0.356. The van der Waals surface area contributed by atoms with Gasteiger partial charge in [-0.15, -0.1) is 0 Å². The lowest BCUT2D eigenvalue weighted by Gasteiger charge is -2.18. The standard InChI is InChI=1S/C20H15ClN2O6/c1-12-15(9-10-28-12)20(25)29-18(13-5-3-2-4-6-13)19(24)22-17-8-7-14(23(26)27)11-16(17)21/h2-11,18H,1H3,(H,22,24)/t18-/m0/s1. The summed E-state index contributed by atoms with van der Waals surface area (Å²) in [5, 5.41) is 13.4. The number of esters is 1. The first-order valence-corrected chi connectivity index (χ1v) is 8.79. The zero-order valence-corrected chi connectivity index (χ0v) is 15.9. The van der Waals surface area contributed by atoms with Crippen molar-refractivity contribution in [1.29, 1.82) is 0 Å². The Balaban J connectivity index is 1.86. The summed E-state index contributed by atoms with van der Waals surface area (Å²) >= 11 is 6.04. The first kappa shape index (κ1) is 20.1. The molecule has 1 amide bonds. The van der Waals surface area contributed by atoms with E-state index >= 15 is 0 Å². The number of hydrogen-bond donors (Lipinski definition) is 1. The summed E-state index contributed by atoms with van der Waals surface area (Å²) in [7, 11) is 0. The Hall–Kier alpha value is -3.65. The number of ether oxygens (including phenoxy) is 1. The molecule has 0 saturated heterocycles. The number of nitrogens with zero attached hydrogens (tertiary/aromatic N) is 1. The van der Waals surface area contributed by atoms with E-state index in [4.69, 9.17) is 20.8 Å². The first-order valence-electron chi connectivity index (χ1n) is 8.41. The van der Waals surface area contributed by atoms with Crippen molar-refractivity contribution >= 4 is 34.9 Å². The van der Waals surface area contributed by atoms with Crippen LogP contribution in [0.5, 0.6) is 0 Å². The van der Waals surface area contributed by atoms with Gasteiger partial charge in [-0.2, -0.15) is 0 Å². The molecule has 0 radical (unpaired) electrons. The molecule has 0 aliphatic rings. The smallest absolute Gasteiger partial charge is 0.342 e. The van der Waals surface area contributed by atoms with Crippen LogP contribution in [0.25, 0.3) is 0 Å². The minimum Gasteiger partial charge on any atom is -0.469 e. The van der Waals surface area contributed by atoms with Gasteiger partial charge in [-0.25, -0.2) is 4.79 Å². The fourth-order valence-corrected chi connectivity index (χ4v) is 2.81. The molecular formula is C20H15ClN2O6. The highest BCUT2D eigenvalue weighted by Gasteiger charge is 2.27. The van der Waals surface area contributed by atoms with Crippen LogP contribution in [-0.2, 0) is 9.53 Å². The topological polar surface area (TPSA) is 112 Å². The average Bonchev–Trinajstić information content (AvgIpc) is 3.14. The van der Waals surface area contributed by atoms with Crippen molar-refractivity contribution in [3.05, 3.63) is 92.9 Å². The van der Waals surface area contributed by atoms with Crippen molar-refractivity contribution in [3.8, 4) is 0 Å². The van der Waals surface area contributed by atoms with Gasteiger partial charge in [0.2, 0.25) is 6.10 Å². The molecule has 0 fully saturated rings.